The van der Waals surface area contributed by atoms with Gasteiger partial charge in [0.15, 0.2) is 5.75 Å². The second-order valence-electron chi connectivity index (χ2n) is 10.5. The summed E-state index contributed by atoms with van der Waals surface area (Å²) in [7, 11) is -7.94. The molecule has 0 aliphatic carbocycles. The molecule has 0 bridgehead atoms. The zero-order valence-electron chi connectivity index (χ0n) is 26.5. The maximum atomic E-state index is 12.6. The number of amides is 1. The average molecular weight is 736 g/mol. The van der Waals surface area contributed by atoms with Crippen molar-refractivity contribution >= 4 is 77.2 Å². The largest absolute Gasteiger partial charge is 0.505 e. The average Bonchev–Trinajstić information content (AvgIpc) is 3.13. The standard InChI is InChI=1S/C35H25N7O5S.O3S/c43-34-31-20-19-30(36-35(44)23-7-3-1-4-8-23)21-24(31)22-32(48(45,46)47)33(34)42-41-29-17-15-28(16-18-29)40-39-27-13-11-26(12-14-27)38-37-25-9-5-2-6-10-25;1-4(2)3/h1-22,43H,(H,36,44)(H,45,46,47);. The third-order valence-corrected chi connectivity index (χ3v) is 7.77. The molecule has 0 saturated heterocycles. The lowest BCUT2D eigenvalue weighted by atomic mass is 10.1. The Kier molecular flexibility index (Phi) is 11.7. The fraction of sp³-hybridized carbons (Fsp3) is 0. The van der Waals surface area contributed by atoms with Gasteiger partial charge in [-0.2, -0.15) is 34.0 Å². The van der Waals surface area contributed by atoms with E-state index < -0.39 is 37.1 Å². The van der Waals surface area contributed by atoms with Crippen LogP contribution in [0.5, 0.6) is 5.75 Å². The molecule has 52 heavy (non-hydrogen) atoms. The van der Waals surface area contributed by atoms with Crippen LogP contribution in [0.3, 0.4) is 0 Å². The highest BCUT2D eigenvalue weighted by molar-refractivity contribution is 7.86. The second kappa shape index (κ2) is 16.7. The Balaban J connectivity index is 0.00000124. The van der Waals surface area contributed by atoms with Crippen LogP contribution in [-0.2, 0) is 20.7 Å². The van der Waals surface area contributed by atoms with E-state index in [1.807, 2.05) is 30.3 Å². The van der Waals surface area contributed by atoms with Gasteiger partial charge in [-0.1, -0.05) is 36.4 Å². The minimum Gasteiger partial charge on any atom is -0.505 e. The van der Waals surface area contributed by atoms with Crippen molar-refractivity contribution in [2.24, 2.45) is 30.7 Å². The van der Waals surface area contributed by atoms with Crippen LogP contribution < -0.4 is 5.32 Å². The molecule has 0 aromatic heterocycles. The van der Waals surface area contributed by atoms with Gasteiger partial charge in [0.1, 0.15) is 10.6 Å². The van der Waals surface area contributed by atoms with Gasteiger partial charge in [-0.15, -0.1) is 17.7 Å². The molecule has 0 aliphatic rings. The zero-order valence-corrected chi connectivity index (χ0v) is 28.2. The summed E-state index contributed by atoms with van der Waals surface area (Å²) in [6.07, 6.45) is 0. The van der Waals surface area contributed by atoms with Crippen molar-refractivity contribution in [1.29, 1.82) is 0 Å². The number of carbonyl (C=O) groups is 1. The highest BCUT2D eigenvalue weighted by atomic mass is 32.2. The summed E-state index contributed by atoms with van der Waals surface area (Å²) < 4.78 is 59.9. The number of nitrogens with one attached hydrogen (secondary N) is 1. The van der Waals surface area contributed by atoms with Gasteiger partial charge in [0.05, 0.1) is 28.4 Å². The second-order valence-corrected chi connectivity index (χ2v) is 12.3. The van der Waals surface area contributed by atoms with Gasteiger partial charge in [-0.05, 0) is 102 Å². The Bertz CT molecular complexity index is 2530. The first-order chi connectivity index (χ1) is 25.0. The summed E-state index contributed by atoms with van der Waals surface area (Å²) in [5.74, 6) is -0.883. The lowest BCUT2D eigenvalue weighted by molar-refractivity contribution is 0.102. The minimum atomic E-state index is -4.83. The lowest BCUT2D eigenvalue weighted by Gasteiger charge is -2.11. The van der Waals surface area contributed by atoms with E-state index >= 15 is 0 Å². The number of fused-ring (bicyclic) bond motifs is 1. The number of rotatable bonds is 9. The van der Waals surface area contributed by atoms with Gasteiger partial charge in [-0.3, -0.25) is 9.35 Å². The highest BCUT2D eigenvalue weighted by Crippen LogP contribution is 2.42. The normalized spacial score (nSPS) is 11.5. The Labute approximate surface area is 297 Å². The summed E-state index contributed by atoms with van der Waals surface area (Å²) in [5.41, 5.74) is 3.20. The predicted molar refractivity (Wildman–Crippen MR) is 191 cm³/mol. The molecule has 0 aliphatic heterocycles. The topological polar surface area (TPSA) is 229 Å². The monoisotopic (exact) mass is 735 g/mol. The molecular formula is C35H25N7O8S2. The molecule has 6 aromatic rings. The first-order valence-corrected chi connectivity index (χ1v) is 17.3. The van der Waals surface area contributed by atoms with E-state index in [0.717, 1.165) is 11.8 Å². The van der Waals surface area contributed by atoms with Crippen molar-refractivity contribution in [3.63, 3.8) is 0 Å². The number of hydrogen-bond acceptors (Lipinski definition) is 13. The number of nitrogens with zero attached hydrogens (tertiary/aromatic N) is 6. The van der Waals surface area contributed by atoms with Crippen molar-refractivity contribution in [3.8, 4) is 5.75 Å². The predicted octanol–water partition coefficient (Wildman–Crippen LogP) is 9.29. The van der Waals surface area contributed by atoms with Crippen LogP contribution in [0, 0.1) is 0 Å². The fourth-order valence-electron chi connectivity index (χ4n) is 4.52. The number of azo groups is 3. The van der Waals surface area contributed by atoms with Crippen LogP contribution in [0.1, 0.15) is 10.4 Å². The zero-order chi connectivity index (χ0) is 37.1. The molecule has 6 aromatic carbocycles. The Morgan fingerprint density at radius 1 is 0.577 bits per heavy atom. The summed E-state index contributed by atoms with van der Waals surface area (Å²) >= 11 is 0. The molecule has 15 nitrogen and oxygen atoms in total. The fourth-order valence-corrected chi connectivity index (χ4v) is 5.18. The number of benzene rings is 6. The number of phenolic OH excluding ortho intramolecular Hbond substituents is 1. The first kappa shape index (κ1) is 36.5. The SMILES string of the molecule is O=C(Nc1ccc2c(O)c(N=Nc3ccc(N=Nc4ccc(N=Nc5ccccc5)cc4)cc3)c(S(=O)(=O)O)cc2c1)c1ccccc1.O=S(=O)=O. The Morgan fingerprint density at radius 2 is 1.00 bits per heavy atom. The number of hydrogen-bond donors (Lipinski definition) is 3. The molecule has 17 heteroatoms. The smallest absolute Gasteiger partial charge is 0.425 e. The Morgan fingerprint density at radius 3 is 1.46 bits per heavy atom. The summed E-state index contributed by atoms with van der Waals surface area (Å²) in [5, 5.41) is 39.0. The molecule has 1 amide bonds. The molecule has 0 saturated carbocycles. The van der Waals surface area contributed by atoms with E-state index in [0.29, 0.717) is 34.0 Å². The highest BCUT2D eigenvalue weighted by Gasteiger charge is 2.22. The van der Waals surface area contributed by atoms with Crippen LogP contribution in [0.4, 0.5) is 39.8 Å². The number of phenols is 1. The van der Waals surface area contributed by atoms with Gasteiger partial charge >= 0.3 is 10.6 Å². The van der Waals surface area contributed by atoms with E-state index in [-0.39, 0.29) is 16.7 Å². The molecule has 0 unspecified atom stereocenters. The van der Waals surface area contributed by atoms with Crippen molar-refractivity contribution in [2.45, 2.75) is 4.90 Å². The van der Waals surface area contributed by atoms with Crippen LogP contribution in [0.15, 0.2) is 169 Å². The van der Waals surface area contributed by atoms with E-state index in [1.165, 1.54) is 12.1 Å². The van der Waals surface area contributed by atoms with Gasteiger partial charge in [0.2, 0.25) is 0 Å². The van der Waals surface area contributed by atoms with E-state index in [4.69, 9.17) is 12.6 Å². The third kappa shape index (κ3) is 10.1. The van der Waals surface area contributed by atoms with Crippen molar-refractivity contribution in [1.82, 2.24) is 0 Å². The molecule has 0 radical (unpaired) electrons. The first-order valence-electron chi connectivity index (χ1n) is 14.9. The van der Waals surface area contributed by atoms with E-state index in [1.54, 1.807) is 84.9 Å². The molecular weight excluding hydrogens is 711 g/mol. The molecule has 0 spiro atoms. The quantitative estimate of drug-likeness (QED) is 0.0954. The summed E-state index contributed by atoms with van der Waals surface area (Å²) in [6.45, 7) is 0. The van der Waals surface area contributed by atoms with Crippen molar-refractivity contribution < 1.29 is 35.5 Å². The van der Waals surface area contributed by atoms with Gasteiger partial charge in [0, 0.05) is 16.6 Å². The molecule has 0 atom stereocenters. The molecule has 6 rings (SSSR count). The molecule has 3 N–H and O–H groups in total. The summed E-state index contributed by atoms with van der Waals surface area (Å²) in [6, 6.07) is 37.1. The van der Waals surface area contributed by atoms with Crippen LogP contribution >= 0.6 is 0 Å². The minimum absolute atomic E-state index is 0.233. The number of carbonyl (C=O) groups excluding carboxylic acids is 1. The number of aromatic hydroxyl groups is 1. The summed E-state index contributed by atoms with van der Waals surface area (Å²) in [4.78, 5) is 11.9. The third-order valence-electron chi connectivity index (χ3n) is 6.91. The Hall–Kier alpha value is -6.82. The van der Waals surface area contributed by atoms with Gasteiger partial charge in [-0.25, -0.2) is 0 Å². The molecule has 0 fully saturated rings. The maximum absolute atomic E-state index is 12.6. The lowest BCUT2D eigenvalue weighted by Crippen LogP contribution is -2.11. The van der Waals surface area contributed by atoms with Crippen molar-refractivity contribution in [3.05, 3.63) is 139 Å². The van der Waals surface area contributed by atoms with E-state index in [2.05, 4.69) is 36.0 Å². The van der Waals surface area contributed by atoms with Gasteiger partial charge < -0.3 is 10.4 Å². The van der Waals surface area contributed by atoms with Crippen molar-refractivity contribution in [2.75, 3.05) is 5.32 Å². The van der Waals surface area contributed by atoms with E-state index in [9.17, 15) is 22.9 Å². The molecule has 0 heterocycles. The maximum Gasteiger partial charge on any atom is 0.425 e. The number of anilines is 1. The van der Waals surface area contributed by atoms with Crippen LogP contribution in [0.25, 0.3) is 10.8 Å². The molecule has 260 valence electrons. The van der Waals surface area contributed by atoms with Gasteiger partial charge in [0.25, 0.3) is 16.0 Å². The van der Waals surface area contributed by atoms with Crippen LogP contribution in [0.2, 0.25) is 0 Å². The van der Waals surface area contributed by atoms with Crippen LogP contribution in [-0.4, -0.2) is 36.6 Å².